The number of carbonyl (C=O) groups excluding carboxylic acids is 1. The van der Waals surface area contributed by atoms with E-state index in [1.807, 2.05) is 6.07 Å². The zero-order valence-electron chi connectivity index (χ0n) is 14.4. The number of hydrogen-bond acceptors (Lipinski definition) is 3. The highest BCUT2D eigenvalue weighted by atomic mass is 16.4. The first-order chi connectivity index (χ1) is 12.3. The Bertz CT molecular complexity index is 826. The Balaban J connectivity index is 2.51. The van der Waals surface area contributed by atoms with Gasteiger partial charge in [-0.15, -0.1) is 0 Å². The van der Waals surface area contributed by atoms with Crippen LogP contribution in [-0.4, -0.2) is 27.9 Å². The number of benzene rings is 2. The summed E-state index contributed by atoms with van der Waals surface area (Å²) in [6.07, 6.45) is -0.493. The third kappa shape index (κ3) is 3.57. The average Bonchev–Trinajstić information content (AvgIpc) is 2.65. The van der Waals surface area contributed by atoms with Crippen molar-refractivity contribution in [3.05, 3.63) is 83.9 Å². The highest BCUT2D eigenvalue weighted by Gasteiger charge is 2.48. The molecule has 0 aromatic heterocycles. The van der Waals surface area contributed by atoms with Crippen LogP contribution in [0.2, 0.25) is 0 Å². The minimum absolute atomic E-state index is 0.216. The summed E-state index contributed by atoms with van der Waals surface area (Å²) in [5, 5.41) is 19.3. The van der Waals surface area contributed by atoms with Crippen LogP contribution >= 0.6 is 0 Å². The van der Waals surface area contributed by atoms with Crippen LogP contribution in [0.5, 0.6) is 0 Å². The Morgan fingerprint density at radius 2 is 1.46 bits per heavy atom. The van der Waals surface area contributed by atoms with Gasteiger partial charge in [-0.3, -0.25) is 9.59 Å². The normalized spacial score (nSPS) is 14.0. The number of carboxylic acid groups (broad SMARTS) is 2. The minimum atomic E-state index is -2.02. The molecular weight excluding hydrogens is 332 g/mol. The van der Waals surface area contributed by atoms with Gasteiger partial charge in [0.1, 0.15) is 11.2 Å². The third-order valence-electron chi connectivity index (χ3n) is 4.63. The maximum absolute atomic E-state index is 12.9. The van der Waals surface area contributed by atoms with Gasteiger partial charge in [0.15, 0.2) is 0 Å². The van der Waals surface area contributed by atoms with E-state index in [0.29, 0.717) is 0 Å². The molecule has 0 heterocycles. The first-order valence-corrected chi connectivity index (χ1v) is 8.10. The predicted molar refractivity (Wildman–Crippen MR) is 97.0 cm³/mol. The second kappa shape index (κ2) is 7.78. The maximum atomic E-state index is 12.9. The molecule has 0 bridgehead atoms. The molecule has 134 valence electrons. The summed E-state index contributed by atoms with van der Waals surface area (Å²) in [6, 6.07) is 16.9. The molecule has 0 spiro atoms. The van der Waals surface area contributed by atoms with Gasteiger partial charge in [-0.05, 0) is 11.1 Å². The van der Waals surface area contributed by atoms with Crippen LogP contribution in [0.3, 0.4) is 0 Å². The monoisotopic (exact) mass is 352 g/mol. The Labute approximate surface area is 151 Å². The van der Waals surface area contributed by atoms with E-state index in [1.165, 1.54) is 12.1 Å². The van der Waals surface area contributed by atoms with Crippen molar-refractivity contribution >= 4 is 17.7 Å². The maximum Gasteiger partial charge on any atom is 0.332 e. The van der Waals surface area contributed by atoms with Crippen LogP contribution in [-0.2, 0) is 19.8 Å². The van der Waals surface area contributed by atoms with Crippen molar-refractivity contribution < 1.29 is 24.6 Å². The fourth-order valence-corrected chi connectivity index (χ4v) is 2.96. The lowest BCUT2D eigenvalue weighted by Crippen LogP contribution is -2.43. The third-order valence-corrected chi connectivity index (χ3v) is 4.63. The van der Waals surface area contributed by atoms with Crippen LogP contribution in [0, 0.1) is 0 Å². The summed E-state index contributed by atoms with van der Waals surface area (Å²) in [6.45, 7) is 5.16. The molecule has 2 unspecified atom stereocenters. The molecule has 0 saturated heterocycles. The van der Waals surface area contributed by atoms with Crippen molar-refractivity contribution in [1.29, 1.82) is 0 Å². The molecule has 0 saturated carbocycles. The number of rotatable bonds is 8. The van der Waals surface area contributed by atoms with Gasteiger partial charge in [0.2, 0.25) is 0 Å². The van der Waals surface area contributed by atoms with Gasteiger partial charge in [-0.25, -0.2) is 4.79 Å². The van der Waals surface area contributed by atoms with Crippen molar-refractivity contribution in [2.75, 3.05) is 0 Å². The van der Waals surface area contributed by atoms with E-state index in [4.69, 9.17) is 0 Å². The van der Waals surface area contributed by atoms with E-state index in [0.717, 1.165) is 5.56 Å². The van der Waals surface area contributed by atoms with Gasteiger partial charge in [0.05, 0.1) is 5.57 Å². The highest BCUT2D eigenvalue weighted by Crippen LogP contribution is 2.38. The van der Waals surface area contributed by atoms with E-state index < -0.39 is 35.3 Å². The summed E-state index contributed by atoms with van der Waals surface area (Å²) in [5.41, 5.74) is -1.60. The summed E-state index contributed by atoms with van der Waals surface area (Å²) < 4.78 is 0. The van der Waals surface area contributed by atoms with Gasteiger partial charge >= 0.3 is 11.9 Å². The lowest BCUT2D eigenvalue weighted by Gasteiger charge is -2.30. The van der Waals surface area contributed by atoms with Crippen molar-refractivity contribution in [3.63, 3.8) is 0 Å². The van der Waals surface area contributed by atoms with Gasteiger partial charge in [-0.1, -0.05) is 74.2 Å². The van der Waals surface area contributed by atoms with Gasteiger partial charge in [0.25, 0.3) is 0 Å². The summed E-state index contributed by atoms with van der Waals surface area (Å²) >= 11 is 0. The smallest absolute Gasteiger partial charge is 0.332 e. The van der Waals surface area contributed by atoms with Crippen molar-refractivity contribution in [3.8, 4) is 0 Å². The topological polar surface area (TPSA) is 91.7 Å². The fourth-order valence-electron chi connectivity index (χ4n) is 2.96. The lowest BCUT2D eigenvalue weighted by molar-refractivity contribution is -0.147. The van der Waals surface area contributed by atoms with Gasteiger partial charge in [0, 0.05) is 12.3 Å². The molecule has 2 aromatic carbocycles. The zero-order valence-corrected chi connectivity index (χ0v) is 14.4. The molecule has 2 atom stereocenters. The summed E-state index contributed by atoms with van der Waals surface area (Å²) in [4.78, 5) is 36.6. The Morgan fingerprint density at radius 1 is 0.962 bits per heavy atom. The second-order valence-electron chi connectivity index (χ2n) is 6.14. The van der Waals surface area contributed by atoms with E-state index in [2.05, 4.69) is 6.58 Å². The van der Waals surface area contributed by atoms with E-state index in [9.17, 15) is 24.6 Å². The lowest BCUT2D eigenvalue weighted by atomic mass is 9.69. The molecule has 0 fully saturated rings. The van der Waals surface area contributed by atoms with Crippen LogP contribution < -0.4 is 0 Å². The largest absolute Gasteiger partial charge is 0.480 e. The standard InChI is InChI=1S/C21H20O5/c1-14(16-9-5-3-6-10-16)18(22)13-21(20(25)26,15(2)19(23)24)17-11-7-4-8-12-17/h3-12,14H,2,13H2,1H3,(H,23,24)(H,25,26). The molecule has 0 amide bonds. The fraction of sp³-hybridized carbons (Fsp3) is 0.190. The van der Waals surface area contributed by atoms with Crippen LogP contribution in [0.15, 0.2) is 72.8 Å². The molecule has 5 nitrogen and oxygen atoms in total. The molecule has 0 radical (unpaired) electrons. The SMILES string of the molecule is C=C(C(=O)O)C(CC(=O)C(C)c1ccccc1)(C(=O)O)c1ccccc1. The molecule has 2 N–H and O–H groups in total. The Hall–Kier alpha value is -3.21. The molecular formula is C21H20O5. The van der Waals surface area contributed by atoms with Gasteiger partial charge < -0.3 is 10.2 Å². The molecule has 0 aliphatic carbocycles. The number of hydrogen-bond donors (Lipinski definition) is 2. The zero-order chi connectivity index (χ0) is 19.3. The number of Topliss-reactive ketones (excluding diaryl/α,β-unsaturated/α-hetero) is 1. The molecule has 5 heteroatoms. The van der Waals surface area contributed by atoms with Gasteiger partial charge in [-0.2, -0.15) is 0 Å². The minimum Gasteiger partial charge on any atom is -0.480 e. The highest BCUT2D eigenvalue weighted by molar-refractivity contribution is 6.04. The summed E-state index contributed by atoms with van der Waals surface area (Å²) in [5.74, 6) is -3.80. The first kappa shape index (κ1) is 19.1. The van der Waals surface area contributed by atoms with E-state index >= 15 is 0 Å². The number of aliphatic carboxylic acids is 2. The quantitative estimate of drug-likeness (QED) is 0.710. The predicted octanol–water partition coefficient (Wildman–Crippen LogP) is 3.41. The summed E-state index contributed by atoms with van der Waals surface area (Å²) in [7, 11) is 0. The number of ketones is 1. The molecule has 2 aromatic rings. The van der Waals surface area contributed by atoms with Crippen molar-refractivity contribution in [2.24, 2.45) is 0 Å². The first-order valence-electron chi connectivity index (χ1n) is 8.10. The number of carbonyl (C=O) groups is 3. The van der Waals surface area contributed by atoms with Crippen LogP contribution in [0.25, 0.3) is 0 Å². The van der Waals surface area contributed by atoms with Crippen molar-refractivity contribution in [1.82, 2.24) is 0 Å². The molecule has 26 heavy (non-hydrogen) atoms. The van der Waals surface area contributed by atoms with E-state index in [1.54, 1.807) is 49.4 Å². The van der Waals surface area contributed by atoms with Crippen LogP contribution in [0.1, 0.15) is 30.4 Å². The Kier molecular flexibility index (Phi) is 5.72. The Morgan fingerprint density at radius 3 is 1.92 bits per heavy atom. The van der Waals surface area contributed by atoms with E-state index in [-0.39, 0.29) is 11.3 Å². The number of carboxylic acids is 2. The second-order valence-corrected chi connectivity index (χ2v) is 6.14. The molecule has 0 aliphatic rings. The molecule has 0 aliphatic heterocycles. The van der Waals surface area contributed by atoms with Crippen LogP contribution in [0.4, 0.5) is 0 Å². The average molecular weight is 352 g/mol. The molecule has 2 rings (SSSR count). The van der Waals surface area contributed by atoms with Crippen molar-refractivity contribution in [2.45, 2.75) is 24.7 Å².